The van der Waals surface area contributed by atoms with Crippen molar-refractivity contribution in [2.75, 3.05) is 6.61 Å². The predicted molar refractivity (Wildman–Crippen MR) is 54.5 cm³/mol. The summed E-state index contributed by atoms with van der Waals surface area (Å²) in [6.45, 7) is -1.08. The summed E-state index contributed by atoms with van der Waals surface area (Å²) in [6, 6.07) is 7.20. The quantitative estimate of drug-likeness (QED) is 0.887. The van der Waals surface area contributed by atoms with Crippen molar-refractivity contribution in [2.24, 2.45) is 0 Å². The number of hydrogen-bond acceptors (Lipinski definition) is 1. The smallest absolute Gasteiger partial charge is 0.271 e. The van der Waals surface area contributed by atoms with Gasteiger partial charge in [0.1, 0.15) is 6.61 Å². The minimum atomic E-state index is -2.97. The predicted octanol–water partition coefficient (Wildman–Crippen LogP) is 3.01. The van der Waals surface area contributed by atoms with Crippen molar-refractivity contribution >= 4 is 15.9 Å². The van der Waals surface area contributed by atoms with Gasteiger partial charge in [-0.15, -0.1) is 0 Å². The van der Waals surface area contributed by atoms with E-state index in [1.54, 1.807) is 12.1 Å². The molecule has 0 atom stereocenters. The third-order valence-corrected chi connectivity index (χ3v) is 2.45. The maximum atomic E-state index is 12.7. The lowest BCUT2D eigenvalue weighted by Gasteiger charge is -2.12. The Morgan fingerprint density at radius 3 is 2.29 bits per heavy atom. The van der Waals surface area contributed by atoms with Gasteiger partial charge in [-0.2, -0.15) is 0 Å². The van der Waals surface area contributed by atoms with E-state index in [1.807, 2.05) is 12.1 Å². The Hall–Kier alpha value is -0.480. The van der Waals surface area contributed by atoms with Crippen molar-refractivity contribution in [3.8, 4) is 0 Å². The fourth-order valence-electron chi connectivity index (χ4n) is 1.06. The number of rotatable bonds is 4. The zero-order valence-electron chi connectivity index (χ0n) is 7.51. The molecule has 1 nitrogen and oxygen atoms in total. The second-order valence-electron chi connectivity index (χ2n) is 3.14. The maximum absolute atomic E-state index is 12.7. The molecule has 4 heteroatoms. The Kier molecular flexibility index (Phi) is 4.01. The van der Waals surface area contributed by atoms with Crippen LogP contribution >= 0.6 is 15.9 Å². The number of aryl methyl sites for hydroxylation is 1. The Balaban J connectivity index is 2.50. The summed E-state index contributed by atoms with van der Waals surface area (Å²) in [4.78, 5) is 0. The second-order valence-corrected chi connectivity index (χ2v) is 4.06. The SMILES string of the molecule is OCC(F)(F)CCc1ccc(Br)cc1. The standard InChI is InChI=1S/C10H11BrF2O/c11-9-3-1-8(2-4-9)5-6-10(12,13)7-14/h1-4,14H,5-7H2. The van der Waals surface area contributed by atoms with Crippen LogP contribution in [0.4, 0.5) is 8.78 Å². The molecule has 0 fully saturated rings. The molecule has 0 unspecified atom stereocenters. The van der Waals surface area contributed by atoms with Gasteiger partial charge in [0.2, 0.25) is 0 Å². The molecule has 0 aliphatic heterocycles. The number of benzene rings is 1. The van der Waals surface area contributed by atoms with Gasteiger partial charge in [0.15, 0.2) is 0 Å². The summed E-state index contributed by atoms with van der Waals surface area (Å²) in [5.41, 5.74) is 0.848. The average molecular weight is 265 g/mol. The van der Waals surface area contributed by atoms with Crippen LogP contribution in [0, 0.1) is 0 Å². The molecule has 0 aliphatic carbocycles. The normalized spacial score (nSPS) is 11.7. The van der Waals surface area contributed by atoms with E-state index in [0.29, 0.717) is 0 Å². The van der Waals surface area contributed by atoms with Crippen LogP contribution in [0.25, 0.3) is 0 Å². The zero-order valence-corrected chi connectivity index (χ0v) is 9.10. The van der Waals surface area contributed by atoms with Crippen molar-refractivity contribution in [1.82, 2.24) is 0 Å². The van der Waals surface area contributed by atoms with Crippen molar-refractivity contribution in [2.45, 2.75) is 18.8 Å². The van der Waals surface area contributed by atoms with Gasteiger partial charge in [0, 0.05) is 10.9 Å². The lowest BCUT2D eigenvalue weighted by atomic mass is 10.1. The molecular formula is C10H11BrF2O. The Morgan fingerprint density at radius 2 is 1.79 bits per heavy atom. The van der Waals surface area contributed by atoms with Gasteiger partial charge < -0.3 is 5.11 Å². The van der Waals surface area contributed by atoms with Gasteiger partial charge in [-0.1, -0.05) is 28.1 Å². The fraction of sp³-hybridized carbons (Fsp3) is 0.400. The van der Waals surface area contributed by atoms with Crippen molar-refractivity contribution in [3.05, 3.63) is 34.3 Å². The molecular weight excluding hydrogens is 254 g/mol. The second kappa shape index (κ2) is 4.84. The first-order chi connectivity index (χ1) is 6.53. The molecule has 0 aromatic heterocycles. The van der Waals surface area contributed by atoms with Crippen molar-refractivity contribution < 1.29 is 13.9 Å². The van der Waals surface area contributed by atoms with E-state index >= 15 is 0 Å². The maximum Gasteiger partial charge on any atom is 0.271 e. The van der Waals surface area contributed by atoms with Crippen LogP contribution in [-0.4, -0.2) is 17.6 Å². The van der Waals surface area contributed by atoms with Crippen molar-refractivity contribution in [3.63, 3.8) is 0 Å². The third-order valence-electron chi connectivity index (χ3n) is 1.92. The van der Waals surface area contributed by atoms with E-state index in [1.165, 1.54) is 0 Å². The number of alkyl halides is 2. The number of hydrogen-bond donors (Lipinski definition) is 1. The number of aliphatic hydroxyl groups excluding tert-OH is 1. The molecule has 1 rings (SSSR count). The summed E-state index contributed by atoms with van der Waals surface area (Å²) in [7, 11) is 0. The summed E-state index contributed by atoms with van der Waals surface area (Å²) >= 11 is 3.26. The molecule has 1 aromatic rings. The summed E-state index contributed by atoms with van der Waals surface area (Å²) in [5.74, 6) is -2.97. The monoisotopic (exact) mass is 264 g/mol. The molecule has 78 valence electrons. The van der Waals surface area contributed by atoms with Crippen LogP contribution in [0.1, 0.15) is 12.0 Å². The van der Waals surface area contributed by atoms with Crippen LogP contribution in [0.3, 0.4) is 0 Å². The van der Waals surface area contributed by atoms with Gasteiger partial charge in [-0.3, -0.25) is 0 Å². The Labute approximate surface area is 89.9 Å². The fourth-order valence-corrected chi connectivity index (χ4v) is 1.32. The molecule has 0 bridgehead atoms. The Bertz CT molecular complexity index is 285. The third kappa shape index (κ3) is 3.72. The van der Waals surface area contributed by atoms with Gasteiger partial charge >= 0.3 is 0 Å². The van der Waals surface area contributed by atoms with Gasteiger partial charge in [-0.25, -0.2) is 8.78 Å². The number of aliphatic hydroxyl groups is 1. The minimum absolute atomic E-state index is 0.279. The minimum Gasteiger partial charge on any atom is -0.390 e. The van der Waals surface area contributed by atoms with E-state index in [4.69, 9.17) is 5.11 Å². The molecule has 1 N–H and O–H groups in total. The lowest BCUT2D eigenvalue weighted by molar-refractivity contribution is -0.0558. The first-order valence-corrected chi connectivity index (χ1v) is 5.06. The van der Waals surface area contributed by atoms with Crippen LogP contribution in [0.15, 0.2) is 28.7 Å². The van der Waals surface area contributed by atoms with E-state index in [2.05, 4.69) is 15.9 Å². The molecule has 0 saturated carbocycles. The highest BCUT2D eigenvalue weighted by atomic mass is 79.9. The highest BCUT2D eigenvalue weighted by molar-refractivity contribution is 9.10. The highest BCUT2D eigenvalue weighted by Gasteiger charge is 2.26. The Morgan fingerprint density at radius 1 is 1.21 bits per heavy atom. The summed E-state index contributed by atoms with van der Waals surface area (Å²) in [6.07, 6.45) is -0.0357. The van der Waals surface area contributed by atoms with Gasteiger partial charge in [-0.05, 0) is 24.1 Å². The van der Waals surface area contributed by atoms with E-state index in [9.17, 15) is 8.78 Å². The van der Waals surface area contributed by atoms with Crippen molar-refractivity contribution in [1.29, 1.82) is 0 Å². The molecule has 0 heterocycles. The molecule has 0 amide bonds. The topological polar surface area (TPSA) is 20.2 Å². The zero-order chi connectivity index (χ0) is 10.6. The average Bonchev–Trinajstić information content (AvgIpc) is 2.17. The van der Waals surface area contributed by atoms with Crippen LogP contribution in [-0.2, 0) is 6.42 Å². The van der Waals surface area contributed by atoms with E-state index in [-0.39, 0.29) is 12.8 Å². The lowest BCUT2D eigenvalue weighted by Crippen LogP contribution is -2.21. The molecule has 0 saturated heterocycles. The highest BCUT2D eigenvalue weighted by Crippen LogP contribution is 2.20. The molecule has 0 spiro atoms. The van der Waals surface area contributed by atoms with Crippen LogP contribution in [0.2, 0.25) is 0 Å². The van der Waals surface area contributed by atoms with Gasteiger partial charge in [0.05, 0.1) is 0 Å². The van der Waals surface area contributed by atoms with Gasteiger partial charge in [0.25, 0.3) is 5.92 Å². The van der Waals surface area contributed by atoms with Crippen LogP contribution < -0.4 is 0 Å². The largest absolute Gasteiger partial charge is 0.390 e. The first-order valence-electron chi connectivity index (χ1n) is 4.27. The molecule has 14 heavy (non-hydrogen) atoms. The van der Waals surface area contributed by atoms with E-state index < -0.39 is 12.5 Å². The first kappa shape index (κ1) is 11.6. The summed E-state index contributed by atoms with van der Waals surface area (Å²) in [5, 5.41) is 8.36. The molecule has 1 aromatic carbocycles. The van der Waals surface area contributed by atoms with E-state index in [0.717, 1.165) is 10.0 Å². The summed E-state index contributed by atoms with van der Waals surface area (Å²) < 4.78 is 26.2. The molecule has 0 radical (unpaired) electrons. The molecule has 0 aliphatic rings. The number of halogens is 3. The van der Waals surface area contributed by atoms with Crippen LogP contribution in [0.5, 0.6) is 0 Å².